The lowest BCUT2D eigenvalue weighted by molar-refractivity contribution is -0.122. The number of benzene rings is 3. The zero-order chi connectivity index (χ0) is 25.8. The number of ether oxygens (including phenoxy) is 1. The van der Waals surface area contributed by atoms with Crippen LogP contribution in [0, 0.1) is 13.8 Å². The Kier molecular flexibility index (Phi) is 7.50. The molecular weight excluding hydrogens is 520 g/mol. The molecule has 0 bridgehead atoms. The van der Waals surface area contributed by atoms with Crippen molar-refractivity contribution in [1.82, 2.24) is 5.32 Å². The predicted molar refractivity (Wildman–Crippen MR) is 144 cm³/mol. The van der Waals surface area contributed by atoms with Crippen molar-refractivity contribution in [3.63, 3.8) is 0 Å². The van der Waals surface area contributed by atoms with Gasteiger partial charge in [-0.3, -0.25) is 14.9 Å². The van der Waals surface area contributed by atoms with E-state index in [1.807, 2.05) is 56.3 Å². The zero-order valence-electron chi connectivity index (χ0n) is 20.0. The van der Waals surface area contributed by atoms with Crippen molar-refractivity contribution in [3.8, 4) is 5.75 Å². The largest absolute Gasteiger partial charge is 0.489 e. The third-order valence-electron chi connectivity index (χ3n) is 5.63. The van der Waals surface area contributed by atoms with Gasteiger partial charge in [0.2, 0.25) is 0 Å². The van der Waals surface area contributed by atoms with Crippen molar-refractivity contribution in [2.75, 3.05) is 4.90 Å². The van der Waals surface area contributed by atoms with Gasteiger partial charge in [0.15, 0.2) is 0 Å². The van der Waals surface area contributed by atoms with Gasteiger partial charge in [-0.15, -0.1) is 6.58 Å². The van der Waals surface area contributed by atoms with Crippen molar-refractivity contribution in [1.29, 1.82) is 0 Å². The number of nitrogens with zero attached hydrogens (tertiary/aromatic N) is 1. The molecule has 0 unspecified atom stereocenters. The predicted octanol–water partition coefficient (Wildman–Crippen LogP) is 6.04. The summed E-state index contributed by atoms with van der Waals surface area (Å²) in [7, 11) is 0. The molecule has 0 aromatic heterocycles. The van der Waals surface area contributed by atoms with Crippen LogP contribution < -0.4 is 15.0 Å². The summed E-state index contributed by atoms with van der Waals surface area (Å²) in [5, 5.41) is 2.28. The SMILES string of the molecule is C=CCc1cc(/C=C2\C(=O)NC(=O)N(c3cc(C)cc(C)c3)C2=O)ccc1OCc1ccc(Br)cc1. The third kappa shape index (κ3) is 5.63. The van der Waals surface area contributed by atoms with Crippen LogP contribution in [0.15, 0.2) is 83.4 Å². The number of nitrogens with one attached hydrogen (secondary N) is 1. The number of rotatable bonds is 7. The minimum absolute atomic E-state index is 0.123. The minimum atomic E-state index is -0.767. The van der Waals surface area contributed by atoms with Gasteiger partial charge in [0.05, 0.1) is 5.69 Å². The summed E-state index contributed by atoms with van der Waals surface area (Å²) in [6, 6.07) is 17.9. The van der Waals surface area contributed by atoms with Crippen molar-refractivity contribution in [2.24, 2.45) is 0 Å². The first kappa shape index (κ1) is 25.1. The summed E-state index contributed by atoms with van der Waals surface area (Å²) in [4.78, 5) is 39.4. The normalized spacial score (nSPS) is 14.7. The summed E-state index contributed by atoms with van der Waals surface area (Å²) in [5.41, 5.74) is 4.62. The van der Waals surface area contributed by atoms with Gasteiger partial charge in [-0.25, -0.2) is 9.69 Å². The molecule has 0 aliphatic carbocycles. The van der Waals surface area contributed by atoms with Crippen LogP contribution >= 0.6 is 15.9 Å². The smallest absolute Gasteiger partial charge is 0.335 e. The van der Waals surface area contributed by atoms with Crippen LogP contribution in [0.5, 0.6) is 5.75 Å². The molecule has 1 saturated heterocycles. The van der Waals surface area contributed by atoms with Gasteiger partial charge in [0.1, 0.15) is 17.9 Å². The highest BCUT2D eigenvalue weighted by Gasteiger charge is 2.37. The van der Waals surface area contributed by atoms with E-state index >= 15 is 0 Å². The second-order valence-corrected chi connectivity index (χ2v) is 9.49. The first-order valence-corrected chi connectivity index (χ1v) is 12.2. The minimum Gasteiger partial charge on any atom is -0.489 e. The monoisotopic (exact) mass is 544 g/mol. The molecule has 1 aliphatic rings. The van der Waals surface area contributed by atoms with Crippen LogP contribution in [0.4, 0.5) is 10.5 Å². The Morgan fingerprint density at radius 3 is 2.33 bits per heavy atom. The van der Waals surface area contributed by atoms with E-state index in [0.29, 0.717) is 30.0 Å². The highest BCUT2D eigenvalue weighted by molar-refractivity contribution is 9.10. The molecule has 0 atom stereocenters. The number of amides is 4. The lowest BCUT2D eigenvalue weighted by atomic mass is 10.0. The fourth-order valence-electron chi connectivity index (χ4n) is 4.03. The summed E-state index contributed by atoms with van der Waals surface area (Å²) in [6.45, 7) is 7.98. The lowest BCUT2D eigenvalue weighted by Gasteiger charge is -2.27. The lowest BCUT2D eigenvalue weighted by Crippen LogP contribution is -2.54. The molecule has 4 amide bonds. The van der Waals surface area contributed by atoms with Crippen LogP contribution in [-0.4, -0.2) is 17.8 Å². The van der Waals surface area contributed by atoms with Crippen molar-refractivity contribution in [3.05, 3.63) is 111 Å². The number of hydrogen-bond donors (Lipinski definition) is 1. The molecule has 3 aromatic carbocycles. The number of allylic oxidation sites excluding steroid dienone is 1. The second-order valence-electron chi connectivity index (χ2n) is 8.58. The summed E-state index contributed by atoms with van der Waals surface area (Å²) in [5.74, 6) is -0.715. The topological polar surface area (TPSA) is 75.7 Å². The molecule has 4 rings (SSSR count). The van der Waals surface area contributed by atoms with Gasteiger partial charge >= 0.3 is 6.03 Å². The summed E-state index contributed by atoms with van der Waals surface area (Å²) in [6.07, 6.45) is 3.79. The maximum absolute atomic E-state index is 13.3. The highest BCUT2D eigenvalue weighted by atomic mass is 79.9. The van der Waals surface area contributed by atoms with E-state index in [2.05, 4.69) is 27.8 Å². The fourth-order valence-corrected chi connectivity index (χ4v) is 4.29. The number of hydrogen-bond acceptors (Lipinski definition) is 4. The van der Waals surface area contributed by atoms with Gasteiger partial charge in [0, 0.05) is 4.47 Å². The molecule has 3 aromatic rings. The Balaban J connectivity index is 1.62. The van der Waals surface area contributed by atoms with Gasteiger partial charge < -0.3 is 4.74 Å². The molecule has 0 radical (unpaired) electrons. The molecule has 0 saturated carbocycles. The van der Waals surface area contributed by atoms with Crippen LogP contribution in [0.3, 0.4) is 0 Å². The number of anilines is 1. The van der Waals surface area contributed by atoms with Crippen LogP contribution in [0.1, 0.15) is 27.8 Å². The van der Waals surface area contributed by atoms with Crippen molar-refractivity contribution < 1.29 is 19.1 Å². The van der Waals surface area contributed by atoms with E-state index in [0.717, 1.165) is 31.6 Å². The number of halogens is 1. The fraction of sp³-hybridized carbons (Fsp3) is 0.138. The third-order valence-corrected chi connectivity index (χ3v) is 6.16. The van der Waals surface area contributed by atoms with E-state index in [4.69, 9.17) is 4.74 Å². The van der Waals surface area contributed by atoms with E-state index in [1.54, 1.807) is 24.3 Å². The number of aryl methyl sites for hydroxylation is 2. The molecule has 1 aliphatic heterocycles. The molecule has 1 fully saturated rings. The number of imide groups is 2. The van der Waals surface area contributed by atoms with Crippen molar-refractivity contribution in [2.45, 2.75) is 26.9 Å². The molecule has 6 nitrogen and oxygen atoms in total. The first-order chi connectivity index (χ1) is 17.2. The summed E-state index contributed by atoms with van der Waals surface area (Å²) < 4.78 is 7.03. The number of carbonyl (C=O) groups is 3. The Morgan fingerprint density at radius 1 is 0.972 bits per heavy atom. The number of barbiturate groups is 1. The Morgan fingerprint density at radius 2 is 1.67 bits per heavy atom. The molecule has 36 heavy (non-hydrogen) atoms. The van der Waals surface area contributed by atoms with E-state index < -0.39 is 17.8 Å². The molecule has 1 heterocycles. The average molecular weight is 545 g/mol. The zero-order valence-corrected chi connectivity index (χ0v) is 21.6. The quantitative estimate of drug-likeness (QED) is 0.223. The van der Waals surface area contributed by atoms with Gasteiger partial charge in [-0.2, -0.15) is 0 Å². The number of carbonyl (C=O) groups excluding carboxylic acids is 3. The Bertz CT molecular complexity index is 1370. The molecule has 1 N–H and O–H groups in total. The first-order valence-electron chi connectivity index (χ1n) is 11.4. The molecular formula is C29H25BrN2O4. The van der Waals surface area contributed by atoms with Gasteiger partial charge in [-0.05, 0) is 90.6 Å². The van der Waals surface area contributed by atoms with E-state index in [9.17, 15) is 14.4 Å². The van der Waals surface area contributed by atoms with Crippen LogP contribution in [0.2, 0.25) is 0 Å². The van der Waals surface area contributed by atoms with Crippen molar-refractivity contribution >= 4 is 45.5 Å². The van der Waals surface area contributed by atoms with Crippen LogP contribution in [-0.2, 0) is 22.6 Å². The van der Waals surface area contributed by atoms with Gasteiger partial charge in [0.25, 0.3) is 11.8 Å². The van der Waals surface area contributed by atoms with Crippen LogP contribution in [0.25, 0.3) is 6.08 Å². The Hall–Kier alpha value is -3.97. The molecule has 0 spiro atoms. The summed E-state index contributed by atoms with van der Waals surface area (Å²) >= 11 is 3.43. The van der Waals surface area contributed by atoms with E-state index in [1.165, 1.54) is 6.08 Å². The van der Waals surface area contributed by atoms with Gasteiger partial charge in [-0.1, -0.05) is 46.3 Å². The number of urea groups is 1. The highest BCUT2D eigenvalue weighted by Crippen LogP contribution is 2.27. The maximum Gasteiger partial charge on any atom is 0.335 e. The molecule has 182 valence electrons. The standard InChI is InChI=1S/C29H25BrN2O4/c1-4-5-22-15-21(8-11-26(22)36-17-20-6-9-23(30)10-7-20)16-25-27(33)31-29(35)32(28(25)34)24-13-18(2)12-19(3)14-24/h4,6-16H,1,5,17H2,2-3H3,(H,31,33,35)/b25-16+. The molecule has 7 heteroatoms. The Labute approximate surface area is 218 Å². The second kappa shape index (κ2) is 10.7. The maximum atomic E-state index is 13.3. The van der Waals surface area contributed by atoms with E-state index in [-0.39, 0.29) is 5.57 Å². The average Bonchev–Trinajstić information content (AvgIpc) is 2.82.